The van der Waals surface area contributed by atoms with Crippen molar-refractivity contribution in [3.8, 4) is 0 Å². The number of nitrogens with zero attached hydrogens (tertiary/aromatic N) is 3. The molecule has 1 atom stereocenters. The largest absolute Gasteiger partial charge is 0.369 e. The van der Waals surface area contributed by atoms with Gasteiger partial charge in [0.15, 0.2) is 0 Å². The minimum absolute atomic E-state index is 0.00185. The molecular formula is C15H23BrN4O. The van der Waals surface area contributed by atoms with E-state index in [1.165, 1.54) is 19.3 Å². The molecule has 1 N–H and O–H groups in total. The van der Waals surface area contributed by atoms with Crippen LogP contribution in [-0.4, -0.2) is 36.0 Å². The Morgan fingerprint density at radius 3 is 2.95 bits per heavy atom. The monoisotopic (exact) mass is 354 g/mol. The molecule has 21 heavy (non-hydrogen) atoms. The van der Waals surface area contributed by atoms with Gasteiger partial charge in [-0.1, -0.05) is 0 Å². The number of hydrogen-bond donors (Lipinski definition) is 1. The van der Waals surface area contributed by atoms with Crippen molar-refractivity contribution in [3.63, 3.8) is 0 Å². The van der Waals surface area contributed by atoms with Crippen LogP contribution in [0, 0.1) is 5.92 Å². The number of anilines is 1. The third-order valence-electron chi connectivity index (χ3n) is 4.57. The van der Waals surface area contributed by atoms with E-state index >= 15 is 0 Å². The van der Waals surface area contributed by atoms with Gasteiger partial charge >= 0.3 is 0 Å². The highest BCUT2D eigenvalue weighted by molar-refractivity contribution is 9.10. The van der Waals surface area contributed by atoms with Gasteiger partial charge < -0.3 is 10.2 Å². The Morgan fingerprint density at radius 2 is 2.19 bits per heavy atom. The zero-order valence-electron chi connectivity index (χ0n) is 12.5. The third-order valence-corrected chi connectivity index (χ3v) is 5.31. The average molecular weight is 355 g/mol. The van der Waals surface area contributed by atoms with Gasteiger partial charge in [0.25, 0.3) is 5.56 Å². The number of hydrogen-bond acceptors (Lipinski definition) is 4. The topological polar surface area (TPSA) is 50.2 Å². The van der Waals surface area contributed by atoms with Gasteiger partial charge in [0.05, 0.1) is 11.9 Å². The maximum atomic E-state index is 12.4. The molecule has 3 rings (SSSR count). The molecule has 2 fully saturated rings. The van der Waals surface area contributed by atoms with Crippen LogP contribution >= 0.6 is 15.9 Å². The fourth-order valence-corrected chi connectivity index (χ4v) is 3.55. The molecule has 2 aliphatic rings. The van der Waals surface area contributed by atoms with Crippen molar-refractivity contribution in [3.05, 3.63) is 21.0 Å². The first-order valence-corrected chi connectivity index (χ1v) is 8.65. The lowest BCUT2D eigenvalue weighted by molar-refractivity contribution is 0.524. The molecule has 0 radical (unpaired) electrons. The van der Waals surface area contributed by atoms with Gasteiger partial charge in [-0.05, 0) is 67.0 Å². The second-order valence-electron chi connectivity index (χ2n) is 6.22. The van der Waals surface area contributed by atoms with Crippen LogP contribution in [0.3, 0.4) is 0 Å². The summed E-state index contributed by atoms with van der Waals surface area (Å²) in [6.45, 7) is 2.89. The Bertz CT molecular complexity index is 547. The van der Waals surface area contributed by atoms with Gasteiger partial charge in [-0.3, -0.25) is 4.79 Å². The van der Waals surface area contributed by atoms with E-state index in [1.54, 1.807) is 4.68 Å². The average Bonchev–Trinajstić information content (AvgIpc) is 3.30. The second-order valence-corrected chi connectivity index (χ2v) is 7.01. The molecule has 1 unspecified atom stereocenters. The quantitative estimate of drug-likeness (QED) is 0.898. The molecule has 1 aromatic heterocycles. The summed E-state index contributed by atoms with van der Waals surface area (Å²) in [6, 6.07) is 0.469. The molecule has 1 aliphatic heterocycles. The highest BCUT2D eigenvalue weighted by atomic mass is 79.9. The first-order chi connectivity index (χ1) is 10.2. The van der Waals surface area contributed by atoms with Crippen LogP contribution in [0.25, 0.3) is 0 Å². The third kappa shape index (κ3) is 3.48. The van der Waals surface area contributed by atoms with E-state index in [0.29, 0.717) is 16.4 Å². The Hall–Kier alpha value is -0.880. The first-order valence-electron chi connectivity index (χ1n) is 7.86. The van der Waals surface area contributed by atoms with Crippen molar-refractivity contribution < 1.29 is 0 Å². The molecule has 2 heterocycles. The lowest BCUT2D eigenvalue weighted by Crippen LogP contribution is -2.35. The van der Waals surface area contributed by atoms with E-state index in [9.17, 15) is 4.79 Å². The zero-order chi connectivity index (χ0) is 14.8. The summed E-state index contributed by atoms with van der Waals surface area (Å²) >= 11 is 3.50. The van der Waals surface area contributed by atoms with Crippen molar-refractivity contribution in [1.82, 2.24) is 15.1 Å². The zero-order valence-corrected chi connectivity index (χ0v) is 14.1. The normalized spacial score (nSPS) is 22.9. The van der Waals surface area contributed by atoms with Crippen LogP contribution in [-0.2, 0) is 6.54 Å². The Morgan fingerprint density at radius 1 is 1.38 bits per heavy atom. The summed E-state index contributed by atoms with van der Waals surface area (Å²) < 4.78 is 2.26. The summed E-state index contributed by atoms with van der Waals surface area (Å²) in [7, 11) is 2.07. The highest BCUT2D eigenvalue weighted by Crippen LogP contribution is 2.30. The van der Waals surface area contributed by atoms with E-state index < -0.39 is 0 Å². The van der Waals surface area contributed by atoms with Crippen molar-refractivity contribution in [2.45, 2.75) is 44.7 Å². The minimum Gasteiger partial charge on any atom is -0.369 e. The molecule has 0 amide bonds. The molecule has 0 aromatic carbocycles. The van der Waals surface area contributed by atoms with E-state index in [1.807, 2.05) is 6.20 Å². The van der Waals surface area contributed by atoms with Gasteiger partial charge in [-0.2, -0.15) is 5.10 Å². The van der Waals surface area contributed by atoms with Crippen molar-refractivity contribution in [1.29, 1.82) is 0 Å². The predicted octanol–water partition coefficient (Wildman–Crippen LogP) is 1.99. The number of nitrogens with one attached hydrogen (secondary N) is 1. The van der Waals surface area contributed by atoms with Crippen LogP contribution < -0.4 is 15.8 Å². The van der Waals surface area contributed by atoms with Gasteiger partial charge in [0.1, 0.15) is 4.47 Å². The molecule has 1 aliphatic carbocycles. The number of rotatable bonds is 4. The molecule has 1 aromatic rings. The van der Waals surface area contributed by atoms with E-state index in [-0.39, 0.29) is 5.56 Å². The molecule has 116 valence electrons. The fourth-order valence-electron chi connectivity index (χ4n) is 2.96. The molecule has 0 spiro atoms. The second kappa shape index (κ2) is 6.48. The summed E-state index contributed by atoms with van der Waals surface area (Å²) in [6.07, 6.45) is 7.73. The van der Waals surface area contributed by atoms with Crippen LogP contribution in [0.15, 0.2) is 15.5 Å². The first kappa shape index (κ1) is 15.0. The molecule has 0 bridgehead atoms. The van der Waals surface area contributed by atoms with E-state index in [0.717, 1.165) is 38.2 Å². The molecule has 1 saturated carbocycles. The summed E-state index contributed by atoms with van der Waals surface area (Å²) in [5, 5.41) is 7.80. The van der Waals surface area contributed by atoms with E-state index in [2.05, 4.69) is 38.3 Å². The fraction of sp³-hybridized carbons (Fsp3) is 0.733. The van der Waals surface area contributed by atoms with Crippen molar-refractivity contribution >= 4 is 21.6 Å². The van der Waals surface area contributed by atoms with Crippen molar-refractivity contribution in [2.75, 3.05) is 25.0 Å². The van der Waals surface area contributed by atoms with Crippen molar-refractivity contribution in [2.24, 2.45) is 5.92 Å². The SMILES string of the molecule is CN(c1cnn(CC2CC2)c(=O)c1Br)C1CCCNCC1. The van der Waals surface area contributed by atoms with Gasteiger partial charge in [0.2, 0.25) is 0 Å². The molecule has 6 heteroatoms. The Kier molecular flexibility index (Phi) is 4.64. The lowest BCUT2D eigenvalue weighted by Gasteiger charge is -2.29. The smallest absolute Gasteiger partial charge is 0.283 e. The maximum Gasteiger partial charge on any atom is 0.283 e. The maximum absolute atomic E-state index is 12.4. The summed E-state index contributed by atoms with van der Waals surface area (Å²) in [5.74, 6) is 0.651. The van der Waals surface area contributed by atoms with Gasteiger partial charge in [-0.15, -0.1) is 0 Å². The molecule has 1 saturated heterocycles. The van der Waals surface area contributed by atoms with Crippen LogP contribution in [0.5, 0.6) is 0 Å². The standard InChI is InChI=1S/C15H23BrN4O/c1-19(12-3-2-7-17-8-6-12)13-9-18-20(10-11-4-5-11)15(21)14(13)16/h9,11-12,17H,2-8,10H2,1H3. The molecular weight excluding hydrogens is 332 g/mol. The van der Waals surface area contributed by atoms with Crippen LogP contribution in [0.1, 0.15) is 32.1 Å². The predicted molar refractivity (Wildman–Crippen MR) is 87.8 cm³/mol. The number of aromatic nitrogens is 2. The Labute approximate surface area is 133 Å². The van der Waals surface area contributed by atoms with Gasteiger partial charge in [-0.25, -0.2) is 4.68 Å². The minimum atomic E-state index is -0.00185. The highest BCUT2D eigenvalue weighted by Gasteiger charge is 2.25. The van der Waals surface area contributed by atoms with E-state index in [4.69, 9.17) is 0 Å². The van der Waals surface area contributed by atoms with Crippen LogP contribution in [0.2, 0.25) is 0 Å². The number of halogens is 1. The summed E-state index contributed by atoms with van der Waals surface area (Å²) in [4.78, 5) is 14.6. The lowest BCUT2D eigenvalue weighted by atomic mass is 10.1. The Balaban J connectivity index is 1.80. The van der Waals surface area contributed by atoms with Crippen LogP contribution in [0.4, 0.5) is 5.69 Å². The van der Waals surface area contributed by atoms with Gasteiger partial charge in [0, 0.05) is 19.6 Å². The molecule has 5 nitrogen and oxygen atoms in total. The summed E-state index contributed by atoms with van der Waals surface area (Å²) in [5.41, 5.74) is 0.914.